The molecule has 1 atom stereocenters. The molecule has 0 fully saturated rings. The number of hydrogen-bond donors (Lipinski definition) is 1. The molecular weight excluding hydrogens is 164 g/mol. The maximum atomic E-state index is 5.88. The number of aryl methyl sites for hydroxylation is 2. The van der Waals surface area contributed by atoms with Crippen molar-refractivity contribution in [1.82, 2.24) is 14.8 Å². The molecule has 1 unspecified atom stereocenters. The van der Waals surface area contributed by atoms with Crippen LogP contribution < -0.4 is 5.73 Å². The average molecular weight is 182 g/mol. The fraction of sp³-hybridized carbons (Fsp3) is 0.778. The van der Waals surface area contributed by atoms with E-state index in [4.69, 9.17) is 5.73 Å². The highest BCUT2D eigenvalue weighted by Gasteiger charge is 2.12. The summed E-state index contributed by atoms with van der Waals surface area (Å²) in [4.78, 5) is 4.40. The number of nitrogens with zero attached hydrogens (tertiary/aromatic N) is 3. The van der Waals surface area contributed by atoms with Crippen molar-refractivity contribution in [3.63, 3.8) is 0 Å². The second kappa shape index (κ2) is 4.37. The van der Waals surface area contributed by atoms with E-state index < -0.39 is 0 Å². The molecule has 1 aromatic rings. The van der Waals surface area contributed by atoms with Crippen LogP contribution in [0.15, 0.2) is 0 Å². The number of nitrogens with two attached hydrogens (primary N) is 1. The lowest BCUT2D eigenvalue weighted by Gasteiger charge is -2.05. The zero-order chi connectivity index (χ0) is 9.84. The summed E-state index contributed by atoms with van der Waals surface area (Å²) in [6.45, 7) is 4.18. The Morgan fingerprint density at radius 3 is 2.69 bits per heavy atom. The molecule has 0 bridgehead atoms. The Kier molecular flexibility index (Phi) is 3.42. The summed E-state index contributed by atoms with van der Waals surface area (Å²) in [5, 5.41) is 4.29. The van der Waals surface area contributed by atoms with Crippen LogP contribution >= 0.6 is 0 Å². The van der Waals surface area contributed by atoms with Crippen LogP contribution in [0.1, 0.15) is 44.4 Å². The largest absolute Gasteiger partial charge is 0.321 e. The van der Waals surface area contributed by atoms with Gasteiger partial charge < -0.3 is 5.73 Å². The Bertz CT molecular complexity index is 267. The molecule has 1 heterocycles. The third-order valence-electron chi connectivity index (χ3n) is 2.09. The molecule has 13 heavy (non-hydrogen) atoms. The smallest absolute Gasteiger partial charge is 0.151 e. The number of rotatable bonds is 4. The molecule has 1 rings (SSSR count). The van der Waals surface area contributed by atoms with Crippen molar-refractivity contribution >= 4 is 0 Å². The molecule has 0 amide bonds. The monoisotopic (exact) mass is 182 g/mol. The first-order chi connectivity index (χ1) is 6.19. The van der Waals surface area contributed by atoms with E-state index in [0.29, 0.717) is 0 Å². The molecule has 0 radical (unpaired) electrons. The van der Waals surface area contributed by atoms with E-state index in [9.17, 15) is 0 Å². The third-order valence-corrected chi connectivity index (χ3v) is 2.09. The summed E-state index contributed by atoms with van der Waals surface area (Å²) in [7, 11) is 1.90. The minimum absolute atomic E-state index is 0.0168. The molecular formula is C9H18N4. The van der Waals surface area contributed by atoms with E-state index in [1.165, 1.54) is 0 Å². The van der Waals surface area contributed by atoms with Gasteiger partial charge in [-0.1, -0.05) is 13.8 Å². The van der Waals surface area contributed by atoms with Crippen molar-refractivity contribution < 1.29 is 0 Å². The van der Waals surface area contributed by atoms with Gasteiger partial charge in [-0.2, -0.15) is 5.10 Å². The van der Waals surface area contributed by atoms with E-state index in [0.717, 1.165) is 30.9 Å². The summed E-state index contributed by atoms with van der Waals surface area (Å²) in [5.41, 5.74) is 5.88. The van der Waals surface area contributed by atoms with Gasteiger partial charge in [-0.15, -0.1) is 0 Å². The topological polar surface area (TPSA) is 56.7 Å². The fourth-order valence-electron chi connectivity index (χ4n) is 1.29. The van der Waals surface area contributed by atoms with Crippen LogP contribution in [-0.2, 0) is 13.5 Å². The Labute approximate surface area is 79.2 Å². The first-order valence-corrected chi connectivity index (χ1v) is 4.84. The molecule has 4 heteroatoms. The molecule has 0 saturated heterocycles. The second-order valence-electron chi connectivity index (χ2n) is 3.27. The summed E-state index contributed by atoms with van der Waals surface area (Å²) >= 11 is 0. The third kappa shape index (κ3) is 2.28. The summed E-state index contributed by atoms with van der Waals surface area (Å²) < 4.78 is 1.79. The van der Waals surface area contributed by atoms with E-state index in [1.54, 1.807) is 4.68 Å². The van der Waals surface area contributed by atoms with Crippen LogP contribution in [0.25, 0.3) is 0 Å². The van der Waals surface area contributed by atoms with Crippen molar-refractivity contribution in [2.75, 3.05) is 0 Å². The van der Waals surface area contributed by atoms with Crippen molar-refractivity contribution in [1.29, 1.82) is 0 Å². The lowest BCUT2D eigenvalue weighted by Crippen LogP contribution is -2.14. The lowest BCUT2D eigenvalue weighted by molar-refractivity contribution is 0.589. The van der Waals surface area contributed by atoms with Crippen molar-refractivity contribution in [3.05, 3.63) is 11.6 Å². The van der Waals surface area contributed by atoms with Crippen LogP contribution in [0, 0.1) is 0 Å². The van der Waals surface area contributed by atoms with Crippen molar-refractivity contribution in [2.45, 2.75) is 39.2 Å². The van der Waals surface area contributed by atoms with Gasteiger partial charge in [0.25, 0.3) is 0 Å². The van der Waals surface area contributed by atoms with Crippen molar-refractivity contribution in [2.24, 2.45) is 12.8 Å². The van der Waals surface area contributed by atoms with Gasteiger partial charge in [-0.05, 0) is 12.8 Å². The van der Waals surface area contributed by atoms with Gasteiger partial charge in [0, 0.05) is 13.5 Å². The highest BCUT2D eigenvalue weighted by atomic mass is 15.3. The van der Waals surface area contributed by atoms with Crippen LogP contribution in [0.5, 0.6) is 0 Å². The molecule has 1 aromatic heterocycles. The van der Waals surface area contributed by atoms with E-state index in [-0.39, 0.29) is 6.04 Å². The molecule has 0 saturated carbocycles. The summed E-state index contributed by atoms with van der Waals surface area (Å²) in [6, 6.07) is 0.0168. The molecule has 0 aliphatic rings. The van der Waals surface area contributed by atoms with E-state index >= 15 is 0 Å². The van der Waals surface area contributed by atoms with Gasteiger partial charge in [0.1, 0.15) is 5.82 Å². The van der Waals surface area contributed by atoms with Crippen molar-refractivity contribution in [3.8, 4) is 0 Å². The first-order valence-electron chi connectivity index (χ1n) is 4.84. The Morgan fingerprint density at radius 2 is 2.15 bits per heavy atom. The minimum Gasteiger partial charge on any atom is -0.321 e. The molecule has 0 aliphatic heterocycles. The maximum absolute atomic E-state index is 5.88. The normalized spacial score (nSPS) is 13.2. The molecule has 2 N–H and O–H groups in total. The van der Waals surface area contributed by atoms with E-state index in [1.807, 2.05) is 7.05 Å². The average Bonchev–Trinajstić information content (AvgIpc) is 2.46. The predicted molar refractivity (Wildman–Crippen MR) is 52.2 cm³/mol. The van der Waals surface area contributed by atoms with Gasteiger partial charge in [-0.3, -0.25) is 4.68 Å². The van der Waals surface area contributed by atoms with Crippen LogP contribution in [0.3, 0.4) is 0 Å². The number of aromatic nitrogens is 3. The fourth-order valence-corrected chi connectivity index (χ4v) is 1.29. The Hall–Kier alpha value is -0.900. The molecule has 0 spiro atoms. The van der Waals surface area contributed by atoms with Crippen LogP contribution in [0.2, 0.25) is 0 Å². The van der Waals surface area contributed by atoms with Crippen LogP contribution in [0.4, 0.5) is 0 Å². The minimum atomic E-state index is 0.0168. The standard InChI is InChI=1S/C9H18N4/c1-4-6-8-11-9(7(10)5-2)13(3)12-8/h7H,4-6,10H2,1-3H3. The Morgan fingerprint density at radius 1 is 1.46 bits per heavy atom. The summed E-state index contributed by atoms with van der Waals surface area (Å²) in [6.07, 6.45) is 2.91. The maximum Gasteiger partial charge on any atom is 0.151 e. The molecule has 74 valence electrons. The SMILES string of the molecule is CCCc1nc(C(N)CC)n(C)n1. The van der Waals surface area contributed by atoms with Gasteiger partial charge in [0.15, 0.2) is 5.82 Å². The molecule has 0 aromatic carbocycles. The number of hydrogen-bond acceptors (Lipinski definition) is 3. The lowest BCUT2D eigenvalue weighted by atomic mass is 10.2. The van der Waals surface area contributed by atoms with Crippen LogP contribution in [-0.4, -0.2) is 14.8 Å². The molecule has 0 aliphatic carbocycles. The first kappa shape index (κ1) is 10.2. The second-order valence-corrected chi connectivity index (χ2v) is 3.27. The molecule has 4 nitrogen and oxygen atoms in total. The Balaban J connectivity index is 2.82. The highest BCUT2D eigenvalue weighted by Crippen LogP contribution is 2.10. The zero-order valence-electron chi connectivity index (χ0n) is 8.62. The highest BCUT2D eigenvalue weighted by molar-refractivity contribution is 4.97. The van der Waals surface area contributed by atoms with E-state index in [2.05, 4.69) is 23.9 Å². The van der Waals surface area contributed by atoms with Gasteiger partial charge >= 0.3 is 0 Å². The predicted octanol–water partition coefficient (Wildman–Crippen LogP) is 1.18. The van der Waals surface area contributed by atoms with Gasteiger partial charge in [0.2, 0.25) is 0 Å². The van der Waals surface area contributed by atoms with Gasteiger partial charge in [-0.25, -0.2) is 4.98 Å². The summed E-state index contributed by atoms with van der Waals surface area (Å²) in [5.74, 6) is 1.80. The van der Waals surface area contributed by atoms with Gasteiger partial charge in [0.05, 0.1) is 6.04 Å². The quantitative estimate of drug-likeness (QED) is 0.760. The zero-order valence-corrected chi connectivity index (χ0v) is 8.62.